The Bertz CT molecular complexity index is 763. The molecule has 0 radical (unpaired) electrons. The number of benzene rings is 2. The Morgan fingerprint density at radius 1 is 1.33 bits per heavy atom. The second-order valence-corrected chi connectivity index (χ2v) is 5.95. The maximum Gasteiger partial charge on any atom is 0.267 e. The second kappa shape index (κ2) is 6.51. The molecular formula is C18H21N3O3. The molecule has 1 aliphatic rings. The number of fused-ring (bicyclic) bond motifs is 1. The highest BCUT2D eigenvalue weighted by molar-refractivity contribution is 5.98. The number of hydrogen-bond acceptors (Lipinski definition) is 5. The highest BCUT2D eigenvalue weighted by atomic mass is 16.5. The molecule has 0 aliphatic carbocycles. The van der Waals surface area contributed by atoms with Crippen molar-refractivity contribution in [1.82, 2.24) is 0 Å². The number of hydroxylamine groups is 1. The van der Waals surface area contributed by atoms with Crippen LogP contribution in [0, 0.1) is 0 Å². The number of para-hydroxylation sites is 2. The van der Waals surface area contributed by atoms with Crippen LogP contribution in [0.1, 0.15) is 11.1 Å². The average Bonchev–Trinajstić information content (AvgIpc) is 2.59. The fraction of sp³-hybridized carbons (Fsp3) is 0.278. The molecule has 6 heteroatoms. The van der Waals surface area contributed by atoms with E-state index in [1.807, 2.05) is 43.4 Å². The van der Waals surface area contributed by atoms with Crippen LogP contribution in [-0.4, -0.2) is 31.3 Å². The van der Waals surface area contributed by atoms with Crippen molar-refractivity contribution in [3.63, 3.8) is 0 Å². The van der Waals surface area contributed by atoms with Crippen LogP contribution in [0.2, 0.25) is 0 Å². The zero-order valence-electron chi connectivity index (χ0n) is 13.8. The van der Waals surface area contributed by atoms with Crippen molar-refractivity contribution in [2.24, 2.45) is 5.73 Å². The molecule has 24 heavy (non-hydrogen) atoms. The Balaban J connectivity index is 1.84. The predicted octanol–water partition coefficient (Wildman–Crippen LogP) is 1.94. The van der Waals surface area contributed by atoms with E-state index in [9.17, 15) is 10.0 Å². The number of hydrogen-bond donors (Lipinski definition) is 2. The van der Waals surface area contributed by atoms with Gasteiger partial charge in [0.05, 0.1) is 24.5 Å². The summed E-state index contributed by atoms with van der Waals surface area (Å²) in [6.07, 6.45) is 0.428. The number of nitrogens with zero attached hydrogens (tertiary/aromatic N) is 2. The van der Waals surface area contributed by atoms with Gasteiger partial charge in [0.1, 0.15) is 5.75 Å². The van der Waals surface area contributed by atoms with Gasteiger partial charge in [-0.1, -0.05) is 24.3 Å². The molecule has 6 nitrogen and oxygen atoms in total. The lowest BCUT2D eigenvalue weighted by Gasteiger charge is -2.28. The van der Waals surface area contributed by atoms with Gasteiger partial charge < -0.3 is 15.4 Å². The van der Waals surface area contributed by atoms with Gasteiger partial charge in [-0.2, -0.15) is 5.06 Å². The molecule has 1 amide bonds. The van der Waals surface area contributed by atoms with Gasteiger partial charge in [0.2, 0.25) is 0 Å². The third-order valence-corrected chi connectivity index (χ3v) is 4.25. The minimum absolute atomic E-state index is 0.428. The van der Waals surface area contributed by atoms with E-state index in [4.69, 9.17) is 10.5 Å². The normalized spacial score (nSPS) is 16.8. The summed E-state index contributed by atoms with van der Waals surface area (Å²) in [5.41, 5.74) is 9.22. The quantitative estimate of drug-likeness (QED) is 0.839. The van der Waals surface area contributed by atoms with E-state index < -0.39 is 11.9 Å². The van der Waals surface area contributed by atoms with E-state index in [0.29, 0.717) is 23.7 Å². The number of ether oxygens (including phenoxy) is 1. The maximum absolute atomic E-state index is 11.7. The lowest BCUT2D eigenvalue weighted by molar-refractivity contribution is -0.125. The summed E-state index contributed by atoms with van der Waals surface area (Å²) >= 11 is 0. The molecular weight excluding hydrogens is 306 g/mol. The van der Waals surface area contributed by atoms with E-state index >= 15 is 0 Å². The Labute approximate surface area is 141 Å². The van der Waals surface area contributed by atoms with E-state index in [-0.39, 0.29) is 0 Å². The smallest absolute Gasteiger partial charge is 0.267 e. The summed E-state index contributed by atoms with van der Waals surface area (Å²) in [5.74, 6) is 0.341. The lowest BCUT2D eigenvalue weighted by Crippen LogP contribution is -2.47. The summed E-state index contributed by atoms with van der Waals surface area (Å²) in [7, 11) is 3.64. The summed E-state index contributed by atoms with van der Waals surface area (Å²) < 4.78 is 5.40. The van der Waals surface area contributed by atoms with Crippen LogP contribution in [0.15, 0.2) is 42.5 Å². The van der Waals surface area contributed by atoms with Crippen molar-refractivity contribution in [3.05, 3.63) is 53.6 Å². The summed E-state index contributed by atoms with van der Waals surface area (Å²) in [5, 5.41) is 10.5. The predicted molar refractivity (Wildman–Crippen MR) is 92.5 cm³/mol. The first kappa shape index (κ1) is 16.3. The van der Waals surface area contributed by atoms with Gasteiger partial charge in [-0.25, -0.2) is 0 Å². The standard InChI is InChI=1S/C18H21N3O3/c1-20(16-5-3-4-6-17(16)24-2)11-12-7-8-15-13(9-12)10-14(19)18(22)21(15)23/h3-9,14,23H,10-11,19H2,1-2H3/t14-/m0/s1. The highest BCUT2D eigenvalue weighted by Crippen LogP contribution is 2.30. The largest absolute Gasteiger partial charge is 0.495 e. The van der Waals surface area contributed by atoms with Crippen molar-refractivity contribution >= 4 is 17.3 Å². The third kappa shape index (κ3) is 2.93. The summed E-state index contributed by atoms with van der Waals surface area (Å²) in [6, 6.07) is 12.8. The van der Waals surface area contributed by atoms with Crippen molar-refractivity contribution in [2.45, 2.75) is 19.0 Å². The Morgan fingerprint density at radius 3 is 2.83 bits per heavy atom. The van der Waals surface area contributed by atoms with Gasteiger partial charge in [0.15, 0.2) is 0 Å². The SMILES string of the molecule is COc1ccccc1N(C)Cc1ccc2c(c1)C[C@H](N)C(=O)N2O. The van der Waals surface area contributed by atoms with Gasteiger partial charge in [-0.3, -0.25) is 10.0 Å². The van der Waals surface area contributed by atoms with Crippen LogP contribution in [0.3, 0.4) is 0 Å². The van der Waals surface area contributed by atoms with Crippen LogP contribution in [0.5, 0.6) is 5.75 Å². The highest BCUT2D eigenvalue weighted by Gasteiger charge is 2.29. The number of methoxy groups -OCH3 is 1. The first-order chi connectivity index (χ1) is 11.5. The first-order valence-electron chi connectivity index (χ1n) is 7.75. The van der Waals surface area contributed by atoms with Crippen LogP contribution >= 0.6 is 0 Å². The minimum atomic E-state index is -0.704. The number of carbonyl (C=O) groups is 1. The van der Waals surface area contributed by atoms with E-state index in [1.54, 1.807) is 13.2 Å². The molecule has 3 N–H and O–H groups in total. The molecule has 0 aromatic heterocycles. The molecule has 0 fully saturated rings. The van der Waals surface area contributed by atoms with E-state index in [0.717, 1.165) is 22.6 Å². The van der Waals surface area contributed by atoms with Gasteiger partial charge in [0.25, 0.3) is 5.91 Å². The third-order valence-electron chi connectivity index (χ3n) is 4.25. The fourth-order valence-electron chi connectivity index (χ4n) is 3.01. The van der Waals surface area contributed by atoms with Crippen LogP contribution in [-0.2, 0) is 17.8 Å². The number of nitrogens with two attached hydrogens (primary N) is 1. The topological polar surface area (TPSA) is 79.0 Å². The Kier molecular flexibility index (Phi) is 4.42. The molecule has 0 saturated heterocycles. The second-order valence-electron chi connectivity index (χ2n) is 5.95. The van der Waals surface area contributed by atoms with Crippen LogP contribution in [0.4, 0.5) is 11.4 Å². The van der Waals surface area contributed by atoms with Gasteiger partial charge in [0, 0.05) is 13.6 Å². The molecule has 2 aromatic carbocycles. The van der Waals surface area contributed by atoms with Crippen molar-refractivity contribution in [2.75, 3.05) is 24.1 Å². The maximum atomic E-state index is 11.7. The minimum Gasteiger partial charge on any atom is -0.495 e. The van der Waals surface area contributed by atoms with Crippen LogP contribution in [0.25, 0.3) is 0 Å². The molecule has 1 aliphatic heterocycles. The number of amides is 1. The van der Waals surface area contributed by atoms with E-state index in [1.165, 1.54) is 0 Å². The molecule has 1 heterocycles. The van der Waals surface area contributed by atoms with Gasteiger partial charge in [-0.15, -0.1) is 0 Å². The molecule has 0 bridgehead atoms. The van der Waals surface area contributed by atoms with Crippen LogP contribution < -0.4 is 20.4 Å². The monoisotopic (exact) mass is 327 g/mol. The Hall–Kier alpha value is -2.57. The molecule has 2 aromatic rings. The lowest BCUT2D eigenvalue weighted by atomic mass is 9.97. The zero-order chi connectivity index (χ0) is 17.3. The average molecular weight is 327 g/mol. The van der Waals surface area contributed by atoms with Crippen molar-refractivity contribution in [3.8, 4) is 5.75 Å². The summed E-state index contributed by atoms with van der Waals surface area (Å²) in [4.78, 5) is 13.8. The summed E-state index contributed by atoms with van der Waals surface area (Å²) in [6.45, 7) is 0.669. The zero-order valence-corrected chi connectivity index (χ0v) is 13.8. The first-order valence-corrected chi connectivity index (χ1v) is 7.75. The number of carbonyl (C=O) groups excluding carboxylic acids is 1. The van der Waals surface area contributed by atoms with E-state index in [2.05, 4.69) is 4.90 Å². The Morgan fingerprint density at radius 2 is 2.08 bits per heavy atom. The number of rotatable bonds is 4. The number of anilines is 2. The molecule has 126 valence electrons. The van der Waals surface area contributed by atoms with Crippen molar-refractivity contribution in [1.29, 1.82) is 0 Å². The van der Waals surface area contributed by atoms with Gasteiger partial charge >= 0.3 is 0 Å². The molecule has 1 atom stereocenters. The molecule has 0 spiro atoms. The molecule has 3 rings (SSSR count). The van der Waals surface area contributed by atoms with Gasteiger partial charge in [-0.05, 0) is 35.7 Å². The molecule has 0 saturated carbocycles. The molecule has 0 unspecified atom stereocenters. The van der Waals surface area contributed by atoms with Crippen molar-refractivity contribution < 1.29 is 14.7 Å². The fourth-order valence-corrected chi connectivity index (χ4v) is 3.01.